The minimum Gasteiger partial charge on any atom is -0.343 e. The maximum Gasteiger partial charge on any atom is 0.251 e. The number of aryl methyl sites for hydroxylation is 1. The largest absolute Gasteiger partial charge is 0.343 e. The van der Waals surface area contributed by atoms with Crippen molar-refractivity contribution in [3.8, 4) is 0 Å². The van der Waals surface area contributed by atoms with Crippen LogP contribution in [0.2, 0.25) is 10.0 Å². The van der Waals surface area contributed by atoms with Gasteiger partial charge in [-0.05, 0) is 48.9 Å². The first-order chi connectivity index (χ1) is 10.5. The molecule has 0 bridgehead atoms. The van der Waals surface area contributed by atoms with E-state index in [9.17, 15) is 9.59 Å². The number of hydrogen-bond acceptors (Lipinski definition) is 2. The quantitative estimate of drug-likeness (QED) is 0.894. The van der Waals surface area contributed by atoms with E-state index in [1.54, 1.807) is 36.4 Å². The predicted octanol–water partition coefficient (Wildman–Crippen LogP) is 3.67. The van der Waals surface area contributed by atoms with Gasteiger partial charge in [0.1, 0.15) is 0 Å². The average Bonchev–Trinajstić information content (AvgIpc) is 2.47. The van der Waals surface area contributed by atoms with E-state index in [2.05, 4.69) is 10.6 Å². The minimum absolute atomic E-state index is 0.132. The predicted molar refractivity (Wildman–Crippen MR) is 88.6 cm³/mol. The molecular weight excluding hydrogens is 323 g/mol. The highest BCUT2D eigenvalue weighted by Gasteiger charge is 2.09. The van der Waals surface area contributed by atoms with Crippen molar-refractivity contribution >= 4 is 40.7 Å². The standard InChI is InChI=1S/C16H14Cl2N2O2/c1-10-7-13(18)5-6-14(10)20-15(21)9-19-16(22)11-3-2-4-12(17)8-11/h2-8H,9H2,1H3,(H,19,22)(H,20,21). The van der Waals surface area contributed by atoms with E-state index in [1.807, 2.05) is 6.92 Å². The van der Waals surface area contributed by atoms with Gasteiger partial charge in [-0.1, -0.05) is 29.3 Å². The van der Waals surface area contributed by atoms with Gasteiger partial charge >= 0.3 is 0 Å². The Morgan fingerprint density at radius 1 is 1.05 bits per heavy atom. The smallest absolute Gasteiger partial charge is 0.251 e. The van der Waals surface area contributed by atoms with E-state index in [0.29, 0.717) is 21.3 Å². The molecule has 0 atom stereocenters. The second-order valence-corrected chi connectivity index (χ2v) is 5.57. The monoisotopic (exact) mass is 336 g/mol. The third kappa shape index (κ3) is 4.48. The van der Waals surface area contributed by atoms with Gasteiger partial charge in [0.25, 0.3) is 5.91 Å². The number of hydrogen-bond donors (Lipinski definition) is 2. The molecule has 0 aromatic heterocycles. The highest BCUT2D eigenvalue weighted by atomic mass is 35.5. The van der Waals surface area contributed by atoms with Crippen LogP contribution < -0.4 is 10.6 Å². The van der Waals surface area contributed by atoms with Crippen LogP contribution in [0.25, 0.3) is 0 Å². The minimum atomic E-state index is -0.356. The van der Waals surface area contributed by atoms with Crippen LogP contribution in [0, 0.1) is 6.92 Å². The first-order valence-electron chi connectivity index (χ1n) is 6.55. The highest BCUT2D eigenvalue weighted by Crippen LogP contribution is 2.19. The molecule has 0 spiro atoms. The Balaban J connectivity index is 1.91. The molecule has 22 heavy (non-hydrogen) atoms. The van der Waals surface area contributed by atoms with Gasteiger partial charge in [-0.25, -0.2) is 0 Å². The fourth-order valence-corrected chi connectivity index (χ4v) is 2.27. The summed E-state index contributed by atoms with van der Waals surface area (Å²) < 4.78 is 0. The van der Waals surface area contributed by atoms with Crippen LogP contribution in [-0.2, 0) is 4.79 Å². The zero-order valence-electron chi connectivity index (χ0n) is 11.8. The van der Waals surface area contributed by atoms with Gasteiger partial charge in [-0.2, -0.15) is 0 Å². The van der Waals surface area contributed by atoms with Crippen molar-refractivity contribution in [3.63, 3.8) is 0 Å². The Hall–Kier alpha value is -2.04. The summed E-state index contributed by atoms with van der Waals surface area (Å²) in [5.41, 5.74) is 1.91. The Bertz CT molecular complexity index is 717. The molecule has 4 nitrogen and oxygen atoms in total. The SMILES string of the molecule is Cc1cc(Cl)ccc1NC(=O)CNC(=O)c1cccc(Cl)c1. The van der Waals surface area contributed by atoms with Gasteiger partial charge in [0, 0.05) is 21.3 Å². The lowest BCUT2D eigenvalue weighted by atomic mass is 10.2. The van der Waals surface area contributed by atoms with Crippen LogP contribution in [0.1, 0.15) is 15.9 Å². The molecule has 0 fully saturated rings. The van der Waals surface area contributed by atoms with Crippen molar-refractivity contribution in [1.29, 1.82) is 0 Å². The topological polar surface area (TPSA) is 58.2 Å². The molecule has 114 valence electrons. The molecule has 0 aliphatic carbocycles. The van der Waals surface area contributed by atoms with Gasteiger partial charge in [0.15, 0.2) is 0 Å². The van der Waals surface area contributed by atoms with Crippen LogP contribution in [0.15, 0.2) is 42.5 Å². The summed E-state index contributed by atoms with van der Waals surface area (Å²) in [6.45, 7) is 1.71. The second-order valence-electron chi connectivity index (χ2n) is 4.70. The Kier molecular flexibility index (Phi) is 5.41. The maximum atomic E-state index is 11.9. The molecule has 0 unspecified atom stereocenters. The number of carbonyl (C=O) groups is 2. The van der Waals surface area contributed by atoms with E-state index < -0.39 is 0 Å². The Morgan fingerprint density at radius 3 is 2.45 bits per heavy atom. The summed E-state index contributed by atoms with van der Waals surface area (Å²) in [6.07, 6.45) is 0. The normalized spacial score (nSPS) is 10.1. The third-order valence-corrected chi connectivity index (χ3v) is 3.43. The Morgan fingerprint density at radius 2 is 1.77 bits per heavy atom. The van der Waals surface area contributed by atoms with Crippen LogP contribution >= 0.6 is 23.2 Å². The van der Waals surface area contributed by atoms with Crippen LogP contribution in [0.3, 0.4) is 0 Å². The molecule has 2 rings (SSSR count). The van der Waals surface area contributed by atoms with Gasteiger partial charge in [-0.15, -0.1) is 0 Å². The van der Waals surface area contributed by atoms with Crippen LogP contribution in [0.4, 0.5) is 5.69 Å². The number of amides is 2. The summed E-state index contributed by atoms with van der Waals surface area (Å²) in [5.74, 6) is -0.675. The molecule has 0 aliphatic heterocycles. The van der Waals surface area contributed by atoms with E-state index in [0.717, 1.165) is 5.56 Å². The summed E-state index contributed by atoms with van der Waals surface area (Å²) in [7, 11) is 0. The molecule has 0 saturated heterocycles. The summed E-state index contributed by atoms with van der Waals surface area (Å²) in [6, 6.07) is 11.7. The van der Waals surface area contributed by atoms with E-state index in [1.165, 1.54) is 6.07 Å². The van der Waals surface area contributed by atoms with E-state index in [-0.39, 0.29) is 18.4 Å². The molecule has 2 aromatic carbocycles. The number of halogens is 2. The molecule has 0 aliphatic rings. The molecule has 0 heterocycles. The number of nitrogens with one attached hydrogen (secondary N) is 2. The lowest BCUT2D eigenvalue weighted by Crippen LogP contribution is -2.32. The number of rotatable bonds is 4. The first-order valence-corrected chi connectivity index (χ1v) is 7.31. The number of carbonyl (C=O) groups excluding carboxylic acids is 2. The zero-order valence-corrected chi connectivity index (χ0v) is 13.3. The third-order valence-electron chi connectivity index (χ3n) is 2.96. The van der Waals surface area contributed by atoms with Crippen molar-refractivity contribution < 1.29 is 9.59 Å². The second kappa shape index (κ2) is 7.29. The first kappa shape index (κ1) is 16.3. The van der Waals surface area contributed by atoms with Crippen molar-refractivity contribution in [1.82, 2.24) is 5.32 Å². The van der Waals surface area contributed by atoms with E-state index >= 15 is 0 Å². The molecule has 0 saturated carbocycles. The Labute approximate surface area is 138 Å². The summed E-state index contributed by atoms with van der Waals surface area (Å²) >= 11 is 11.7. The lowest BCUT2D eigenvalue weighted by molar-refractivity contribution is -0.115. The van der Waals surface area contributed by atoms with Crippen molar-refractivity contribution in [2.24, 2.45) is 0 Å². The van der Waals surface area contributed by atoms with Crippen molar-refractivity contribution in [3.05, 3.63) is 63.6 Å². The van der Waals surface area contributed by atoms with Gasteiger partial charge < -0.3 is 10.6 Å². The summed E-state index contributed by atoms with van der Waals surface area (Å²) in [4.78, 5) is 23.8. The van der Waals surface area contributed by atoms with Crippen molar-refractivity contribution in [2.45, 2.75) is 6.92 Å². The fraction of sp³-hybridized carbons (Fsp3) is 0.125. The van der Waals surface area contributed by atoms with Crippen molar-refractivity contribution in [2.75, 3.05) is 11.9 Å². The fourth-order valence-electron chi connectivity index (χ4n) is 1.85. The van der Waals surface area contributed by atoms with Gasteiger partial charge in [0.05, 0.1) is 6.54 Å². The number of anilines is 1. The lowest BCUT2D eigenvalue weighted by Gasteiger charge is -2.09. The van der Waals surface area contributed by atoms with Gasteiger partial charge in [0.2, 0.25) is 5.91 Å². The number of benzene rings is 2. The molecule has 6 heteroatoms. The molecular formula is C16H14Cl2N2O2. The molecule has 2 N–H and O–H groups in total. The average molecular weight is 337 g/mol. The van der Waals surface area contributed by atoms with Crippen LogP contribution in [0.5, 0.6) is 0 Å². The summed E-state index contributed by atoms with van der Waals surface area (Å²) in [5, 5.41) is 6.33. The zero-order chi connectivity index (χ0) is 16.1. The maximum absolute atomic E-state index is 11.9. The molecule has 0 radical (unpaired) electrons. The molecule has 2 aromatic rings. The molecule has 2 amide bonds. The van der Waals surface area contributed by atoms with E-state index in [4.69, 9.17) is 23.2 Å². The van der Waals surface area contributed by atoms with Crippen LogP contribution in [-0.4, -0.2) is 18.4 Å². The highest BCUT2D eigenvalue weighted by molar-refractivity contribution is 6.31. The van der Waals surface area contributed by atoms with Gasteiger partial charge in [-0.3, -0.25) is 9.59 Å².